The average molecular weight is 537 g/mol. The van der Waals surface area contributed by atoms with Crippen LogP contribution in [0.2, 0.25) is 0 Å². The van der Waals surface area contributed by atoms with Gasteiger partial charge in [-0.1, -0.05) is 37.3 Å². The van der Waals surface area contributed by atoms with Gasteiger partial charge in [-0.2, -0.15) is 0 Å². The van der Waals surface area contributed by atoms with Crippen LogP contribution in [0.5, 0.6) is 0 Å². The lowest BCUT2D eigenvalue weighted by Gasteiger charge is -2.12. The van der Waals surface area contributed by atoms with Gasteiger partial charge in [0.2, 0.25) is 10.0 Å². The summed E-state index contributed by atoms with van der Waals surface area (Å²) in [5, 5.41) is 6.24. The van der Waals surface area contributed by atoms with E-state index >= 15 is 0 Å². The van der Waals surface area contributed by atoms with Crippen LogP contribution < -0.4 is 15.4 Å². The van der Waals surface area contributed by atoms with Crippen LogP contribution >= 0.6 is 35.3 Å². The summed E-state index contributed by atoms with van der Waals surface area (Å²) in [6.07, 6.45) is 1.03. The van der Waals surface area contributed by atoms with Gasteiger partial charge in [-0.05, 0) is 31.0 Å². The molecule has 3 N–H and O–H groups in total. The van der Waals surface area contributed by atoms with Crippen LogP contribution in [0.25, 0.3) is 0 Å². The van der Waals surface area contributed by atoms with Crippen LogP contribution in [0, 0.1) is 0 Å². The van der Waals surface area contributed by atoms with Gasteiger partial charge in [0.05, 0.1) is 12.3 Å². The lowest BCUT2D eigenvalue weighted by atomic mass is 10.2. The van der Waals surface area contributed by atoms with E-state index in [4.69, 9.17) is 0 Å². The fourth-order valence-corrected chi connectivity index (χ4v) is 4.15. The minimum absolute atomic E-state index is 0. The van der Waals surface area contributed by atoms with Crippen molar-refractivity contribution in [2.75, 3.05) is 18.8 Å². The quantitative estimate of drug-likeness (QED) is 0.248. The Morgan fingerprint density at radius 1 is 1.04 bits per heavy atom. The molecule has 9 heteroatoms. The molecule has 0 aliphatic carbocycles. The second-order valence-corrected chi connectivity index (χ2v) is 9.15. The lowest BCUT2D eigenvalue weighted by molar-refractivity contribution is 0.580. The Labute approximate surface area is 189 Å². The molecule has 0 aliphatic heterocycles. The number of nitrogens with zero attached hydrogens (tertiary/aromatic N) is 1. The van der Waals surface area contributed by atoms with E-state index in [1.165, 1.54) is 9.75 Å². The molecule has 2 rings (SSSR count). The Morgan fingerprint density at radius 3 is 2.39 bits per heavy atom. The van der Waals surface area contributed by atoms with Crippen molar-refractivity contribution in [3.05, 3.63) is 57.8 Å². The van der Waals surface area contributed by atoms with Crippen molar-refractivity contribution in [3.63, 3.8) is 0 Å². The molecule has 0 fully saturated rings. The highest BCUT2D eigenvalue weighted by Crippen LogP contribution is 2.17. The molecular formula is C19H29IN4O2S2. The minimum atomic E-state index is -3.35. The maximum atomic E-state index is 12.1. The van der Waals surface area contributed by atoms with Gasteiger partial charge in [-0.15, -0.1) is 35.3 Å². The number of guanidine groups is 1. The fraction of sp³-hybridized carbons (Fsp3) is 0.421. The largest absolute Gasteiger partial charge is 0.357 e. The zero-order valence-electron chi connectivity index (χ0n) is 16.3. The predicted molar refractivity (Wildman–Crippen MR) is 129 cm³/mol. The highest BCUT2D eigenvalue weighted by atomic mass is 127. The van der Waals surface area contributed by atoms with Crippen molar-refractivity contribution in [2.45, 2.75) is 33.4 Å². The van der Waals surface area contributed by atoms with Crippen molar-refractivity contribution in [1.82, 2.24) is 15.4 Å². The van der Waals surface area contributed by atoms with E-state index < -0.39 is 10.0 Å². The molecule has 0 saturated carbocycles. The predicted octanol–water partition coefficient (Wildman–Crippen LogP) is 3.10. The van der Waals surface area contributed by atoms with E-state index in [9.17, 15) is 8.42 Å². The lowest BCUT2D eigenvalue weighted by Crippen LogP contribution is -2.41. The molecule has 0 aliphatic rings. The standard InChI is InChI=1S/C19H28N4O2S2.HI/c1-3-17-10-11-18(26-17)15-22-19(20-4-2)21-12-13-27(24,25)23-14-16-8-6-5-7-9-16;/h5-11,23H,3-4,12-15H2,1-2H3,(H2,20,21,22);1H. The summed E-state index contributed by atoms with van der Waals surface area (Å²) in [6, 6.07) is 13.7. The molecule has 0 bridgehead atoms. The third kappa shape index (κ3) is 9.35. The molecule has 0 unspecified atom stereocenters. The van der Waals surface area contributed by atoms with Gasteiger partial charge in [-0.25, -0.2) is 18.1 Å². The summed E-state index contributed by atoms with van der Waals surface area (Å²) in [4.78, 5) is 7.07. The summed E-state index contributed by atoms with van der Waals surface area (Å²) in [6.45, 7) is 6.01. The van der Waals surface area contributed by atoms with Gasteiger partial charge in [-0.3, -0.25) is 0 Å². The van der Waals surface area contributed by atoms with Crippen LogP contribution in [0.4, 0.5) is 0 Å². The third-order valence-electron chi connectivity index (χ3n) is 3.81. The first-order valence-electron chi connectivity index (χ1n) is 9.13. The molecular weight excluding hydrogens is 507 g/mol. The van der Waals surface area contributed by atoms with Crippen molar-refractivity contribution >= 4 is 51.3 Å². The normalized spacial score (nSPS) is 11.7. The third-order valence-corrected chi connectivity index (χ3v) is 6.35. The minimum Gasteiger partial charge on any atom is -0.357 e. The Balaban J connectivity index is 0.00000392. The van der Waals surface area contributed by atoms with Crippen LogP contribution in [0.3, 0.4) is 0 Å². The Hall–Kier alpha value is -1.17. The van der Waals surface area contributed by atoms with E-state index in [0.717, 1.165) is 18.5 Å². The summed E-state index contributed by atoms with van der Waals surface area (Å²) in [5.41, 5.74) is 0.936. The fourth-order valence-electron chi connectivity index (χ4n) is 2.36. The van der Waals surface area contributed by atoms with Gasteiger partial charge < -0.3 is 10.6 Å². The second-order valence-electron chi connectivity index (χ2n) is 5.97. The molecule has 6 nitrogen and oxygen atoms in total. The summed E-state index contributed by atoms with van der Waals surface area (Å²) in [5.74, 6) is 0.616. The highest BCUT2D eigenvalue weighted by Gasteiger charge is 2.10. The topological polar surface area (TPSA) is 82.6 Å². The maximum absolute atomic E-state index is 12.1. The number of hydrogen-bond acceptors (Lipinski definition) is 4. The molecule has 0 atom stereocenters. The first-order valence-corrected chi connectivity index (χ1v) is 11.6. The second kappa shape index (κ2) is 13.1. The van der Waals surface area contributed by atoms with Crippen molar-refractivity contribution < 1.29 is 8.42 Å². The van der Waals surface area contributed by atoms with Gasteiger partial charge in [0, 0.05) is 29.4 Å². The average Bonchev–Trinajstić information content (AvgIpc) is 3.13. The first kappa shape index (κ1) is 24.9. The number of sulfonamides is 1. The monoisotopic (exact) mass is 536 g/mol. The Bertz CT molecular complexity index is 823. The summed E-state index contributed by atoms with van der Waals surface area (Å²) < 4.78 is 26.9. The van der Waals surface area contributed by atoms with Crippen molar-refractivity contribution in [3.8, 4) is 0 Å². The van der Waals surface area contributed by atoms with Gasteiger partial charge in [0.25, 0.3) is 0 Å². The van der Waals surface area contributed by atoms with E-state index in [-0.39, 0.29) is 29.7 Å². The molecule has 156 valence electrons. The number of nitrogens with one attached hydrogen (secondary N) is 3. The molecule has 0 radical (unpaired) electrons. The number of thiophene rings is 1. The Morgan fingerprint density at radius 2 is 1.75 bits per heavy atom. The number of halogens is 1. The maximum Gasteiger partial charge on any atom is 0.213 e. The zero-order chi connectivity index (χ0) is 19.5. The van der Waals surface area contributed by atoms with E-state index in [1.54, 1.807) is 11.3 Å². The first-order chi connectivity index (χ1) is 13.0. The van der Waals surface area contributed by atoms with Gasteiger partial charge in [0.1, 0.15) is 0 Å². The molecule has 0 saturated heterocycles. The van der Waals surface area contributed by atoms with Gasteiger partial charge in [0.15, 0.2) is 5.96 Å². The highest BCUT2D eigenvalue weighted by molar-refractivity contribution is 14.0. The van der Waals surface area contributed by atoms with Crippen molar-refractivity contribution in [1.29, 1.82) is 0 Å². The molecule has 1 aromatic heterocycles. The van der Waals surface area contributed by atoms with Crippen LogP contribution in [0.15, 0.2) is 47.5 Å². The number of hydrogen-bond donors (Lipinski definition) is 3. The van der Waals surface area contributed by atoms with Crippen LogP contribution in [-0.4, -0.2) is 33.2 Å². The Kier molecular flexibility index (Phi) is 11.7. The van der Waals surface area contributed by atoms with Crippen LogP contribution in [-0.2, 0) is 29.5 Å². The number of aryl methyl sites for hydroxylation is 1. The number of aliphatic imine (C=N–C) groups is 1. The molecule has 28 heavy (non-hydrogen) atoms. The van der Waals surface area contributed by atoms with E-state index in [2.05, 4.69) is 39.4 Å². The molecule has 0 spiro atoms. The van der Waals surface area contributed by atoms with E-state index in [1.807, 2.05) is 37.3 Å². The van der Waals surface area contributed by atoms with Crippen molar-refractivity contribution in [2.24, 2.45) is 4.99 Å². The summed E-state index contributed by atoms with van der Waals surface area (Å²) >= 11 is 1.76. The molecule has 0 amide bonds. The zero-order valence-corrected chi connectivity index (χ0v) is 20.2. The van der Waals surface area contributed by atoms with Crippen LogP contribution in [0.1, 0.15) is 29.2 Å². The SMILES string of the molecule is CCNC(=NCc1ccc(CC)s1)NCCS(=O)(=O)NCc1ccccc1.I. The molecule has 1 heterocycles. The molecule has 2 aromatic rings. The molecule has 1 aromatic carbocycles. The number of rotatable bonds is 10. The number of benzene rings is 1. The smallest absolute Gasteiger partial charge is 0.213 e. The van der Waals surface area contributed by atoms with Gasteiger partial charge >= 0.3 is 0 Å². The summed E-state index contributed by atoms with van der Waals surface area (Å²) in [7, 11) is -3.35. The van der Waals surface area contributed by atoms with E-state index in [0.29, 0.717) is 25.6 Å².